The van der Waals surface area contributed by atoms with Gasteiger partial charge in [0.25, 0.3) is 0 Å². The number of nitrogens with zero attached hydrogens (tertiary/aromatic N) is 4. The quantitative estimate of drug-likeness (QED) is 0.216. The molecule has 3 rings (SSSR count). The van der Waals surface area contributed by atoms with Crippen LogP contribution in [0.4, 0.5) is 15.9 Å². The second-order valence-corrected chi connectivity index (χ2v) is 7.82. The van der Waals surface area contributed by atoms with E-state index >= 15 is 0 Å². The third-order valence-electron chi connectivity index (χ3n) is 4.24. The van der Waals surface area contributed by atoms with Gasteiger partial charge in [-0.15, -0.1) is 0 Å². The Morgan fingerprint density at radius 3 is 3.00 bits per heavy atom. The van der Waals surface area contributed by atoms with Crippen molar-refractivity contribution in [1.29, 1.82) is 0 Å². The average Bonchev–Trinajstić information content (AvgIpc) is 3.15. The van der Waals surface area contributed by atoms with Crippen LogP contribution in [0.15, 0.2) is 32.3 Å². The minimum Gasteiger partial charge on any atom is -0.364 e. The smallest absolute Gasteiger partial charge is 0.234 e. The Kier molecular flexibility index (Phi) is 7.07. The van der Waals surface area contributed by atoms with E-state index in [1.165, 1.54) is 22.5 Å². The summed E-state index contributed by atoms with van der Waals surface area (Å²) in [5.74, 6) is -0.301. The summed E-state index contributed by atoms with van der Waals surface area (Å²) in [7, 11) is 0. The second-order valence-electron chi connectivity index (χ2n) is 6.03. The summed E-state index contributed by atoms with van der Waals surface area (Å²) < 4.78 is 40.7. The third kappa shape index (κ3) is 4.91. The fourth-order valence-corrected chi connectivity index (χ4v) is 3.96. The first-order valence-corrected chi connectivity index (χ1v) is 10.2. The number of benzene rings is 1. The summed E-state index contributed by atoms with van der Waals surface area (Å²) in [5, 5.41) is 20.0. The summed E-state index contributed by atoms with van der Waals surface area (Å²) in [4.78, 5) is 4.18. The average molecular weight is 477 g/mol. The Bertz CT molecular complexity index is 882. The normalized spacial score (nSPS) is 19.4. The zero-order valence-corrected chi connectivity index (χ0v) is 16.9. The van der Waals surface area contributed by atoms with Crippen molar-refractivity contribution in [3.05, 3.63) is 34.2 Å². The topological polar surface area (TPSA) is 136 Å². The molecule has 1 aliphatic rings. The van der Waals surface area contributed by atoms with Gasteiger partial charge >= 0.3 is 0 Å². The molecule has 2 aromatic rings. The largest absolute Gasteiger partial charge is 0.364 e. The predicted octanol–water partition coefficient (Wildman–Crippen LogP) is 2.43. The molecular formula is C15H18BrFN6O4S. The lowest BCUT2D eigenvalue weighted by Gasteiger charge is -2.32. The number of aliphatic imine (C=N–C) groups is 1. The van der Waals surface area contributed by atoms with Crippen LogP contribution in [0.3, 0.4) is 0 Å². The molecule has 4 N–H and O–H groups in total. The van der Waals surface area contributed by atoms with E-state index in [2.05, 4.69) is 36.6 Å². The molecule has 2 heterocycles. The predicted molar refractivity (Wildman–Crippen MR) is 103 cm³/mol. The molecular weight excluding hydrogens is 459 g/mol. The molecule has 2 unspecified atom stereocenters. The molecule has 10 nitrogen and oxygen atoms in total. The van der Waals surface area contributed by atoms with E-state index in [9.17, 15) is 18.4 Å². The van der Waals surface area contributed by atoms with Crippen LogP contribution in [0.1, 0.15) is 25.0 Å². The molecule has 152 valence electrons. The fraction of sp³-hybridized carbons (Fsp3) is 0.400. The van der Waals surface area contributed by atoms with E-state index in [0.29, 0.717) is 18.8 Å². The molecule has 13 heteroatoms. The van der Waals surface area contributed by atoms with Crippen LogP contribution in [0.25, 0.3) is 0 Å². The summed E-state index contributed by atoms with van der Waals surface area (Å²) in [6.07, 6.45) is 2.56. The zero-order valence-electron chi connectivity index (χ0n) is 14.5. The summed E-state index contributed by atoms with van der Waals surface area (Å²) in [5.41, 5.74) is 2.39. The van der Waals surface area contributed by atoms with Crippen LogP contribution >= 0.6 is 15.9 Å². The van der Waals surface area contributed by atoms with E-state index in [1.807, 2.05) is 5.48 Å². The van der Waals surface area contributed by atoms with Crippen molar-refractivity contribution in [1.82, 2.24) is 20.1 Å². The van der Waals surface area contributed by atoms with Crippen molar-refractivity contribution >= 4 is 44.5 Å². The first-order valence-electron chi connectivity index (χ1n) is 8.38. The van der Waals surface area contributed by atoms with Gasteiger partial charge in [0.15, 0.2) is 11.5 Å². The molecule has 0 amide bonds. The van der Waals surface area contributed by atoms with E-state index in [0.717, 1.165) is 19.3 Å². The minimum absolute atomic E-state index is 0.0616. The van der Waals surface area contributed by atoms with Gasteiger partial charge in [-0.25, -0.2) is 18.2 Å². The third-order valence-corrected chi connectivity index (χ3v) is 5.73. The van der Waals surface area contributed by atoms with Crippen LogP contribution in [-0.2, 0) is 11.3 Å². The molecule has 2 atom stereocenters. The van der Waals surface area contributed by atoms with Gasteiger partial charge in [-0.3, -0.25) is 15.2 Å². The number of aromatic nitrogens is 2. The van der Waals surface area contributed by atoms with Gasteiger partial charge in [0.1, 0.15) is 5.82 Å². The van der Waals surface area contributed by atoms with Gasteiger partial charge in [-0.05, 0) is 57.3 Å². The maximum atomic E-state index is 13.4. The molecule has 1 fully saturated rings. The number of piperidine rings is 1. The lowest BCUT2D eigenvalue weighted by atomic mass is 10.1. The molecule has 1 saturated heterocycles. The lowest BCUT2D eigenvalue weighted by molar-refractivity contribution is 0.234. The molecule has 28 heavy (non-hydrogen) atoms. The van der Waals surface area contributed by atoms with Gasteiger partial charge < -0.3 is 5.32 Å². The Balaban J connectivity index is 1.76. The standard InChI is InChI=1S/C15H18BrFN6O4S/c16-11-7-9(4-5-12(11)17)19-15(20-24)13-14(22-27-21-13)18-8-10-3-1-2-6-23(10)28(25)26/h4-5,7,10,24H,1-3,6,8H2,(H,18,22)(H,19,20)(H,25,26). The SMILES string of the molecule is O=S(O)N1CCCCC1CNc1nonc1C(=Nc1ccc(F)c(Br)c1)NO. The number of anilines is 1. The maximum absolute atomic E-state index is 13.4. The maximum Gasteiger partial charge on any atom is 0.234 e. The number of hydrogen-bond acceptors (Lipinski definition) is 7. The fourth-order valence-electron chi connectivity index (χ4n) is 2.87. The number of hydroxylamine groups is 1. The van der Waals surface area contributed by atoms with Crippen molar-refractivity contribution in [3.63, 3.8) is 0 Å². The first-order chi connectivity index (χ1) is 13.5. The van der Waals surface area contributed by atoms with Crippen molar-refractivity contribution in [2.24, 2.45) is 4.99 Å². The highest BCUT2D eigenvalue weighted by Crippen LogP contribution is 2.24. The van der Waals surface area contributed by atoms with Crippen molar-refractivity contribution < 1.29 is 23.0 Å². The monoisotopic (exact) mass is 476 g/mol. The highest BCUT2D eigenvalue weighted by Gasteiger charge is 2.27. The summed E-state index contributed by atoms with van der Waals surface area (Å²) in [6.45, 7) is 0.859. The second kappa shape index (κ2) is 9.52. The van der Waals surface area contributed by atoms with Crippen molar-refractivity contribution in [2.75, 3.05) is 18.4 Å². The van der Waals surface area contributed by atoms with Crippen LogP contribution in [-0.4, -0.2) is 53.6 Å². The van der Waals surface area contributed by atoms with Crippen molar-refractivity contribution in [2.45, 2.75) is 25.3 Å². The lowest BCUT2D eigenvalue weighted by Crippen LogP contribution is -2.44. The highest BCUT2D eigenvalue weighted by atomic mass is 79.9. The Morgan fingerprint density at radius 1 is 1.46 bits per heavy atom. The van der Waals surface area contributed by atoms with Gasteiger partial charge in [0.05, 0.1) is 10.2 Å². The molecule has 0 radical (unpaired) electrons. The molecule has 1 aliphatic heterocycles. The van der Waals surface area contributed by atoms with Crippen LogP contribution in [0.2, 0.25) is 0 Å². The summed E-state index contributed by atoms with van der Waals surface area (Å²) >= 11 is 1.02. The Hall–Kier alpha value is -1.93. The molecule has 0 spiro atoms. The minimum atomic E-state index is -2.05. The molecule has 1 aromatic heterocycles. The first kappa shape index (κ1) is 20.8. The molecule has 1 aromatic carbocycles. The van der Waals surface area contributed by atoms with Crippen LogP contribution < -0.4 is 10.8 Å². The zero-order chi connectivity index (χ0) is 20.1. The van der Waals surface area contributed by atoms with E-state index in [4.69, 9.17) is 4.63 Å². The number of nitrogens with one attached hydrogen (secondary N) is 2. The van der Waals surface area contributed by atoms with E-state index in [1.54, 1.807) is 0 Å². The number of hydrogen-bond donors (Lipinski definition) is 4. The number of rotatable bonds is 6. The molecule has 0 bridgehead atoms. The van der Waals surface area contributed by atoms with Crippen LogP contribution in [0, 0.1) is 5.82 Å². The van der Waals surface area contributed by atoms with Gasteiger partial charge in [0.2, 0.25) is 17.1 Å². The van der Waals surface area contributed by atoms with Gasteiger partial charge in [-0.1, -0.05) is 6.42 Å². The number of halogens is 2. The summed E-state index contributed by atoms with van der Waals surface area (Å²) in [6, 6.07) is 3.92. The number of amidine groups is 1. The van der Waals surface area contributed by atoms with Gasteiger partial charge in [-0.2, -0.15) is 4.31 Å². The van der Waals surface area contributed by atoms with Gasteiger partial charge in [0, 0.05) is 19.1 Å². The molecule has 0 saturated carbocycles. The highest BCUT2D eigenvalue weighted by molar-refractivity contribution is 9.10. The van der Waals surface area contributed by atoms with Crippen LogP contribution in [0.5, 0.6) is 0 Å². The Labute approximate surface area is 170 Å². The van der Waals surface area contributed by atoms with Crippen molar-refractivity contribution in [3.8, 4) is 0 Å². The Morgan fingerprint density at radius 2 is 2.29 bits per heavy atom. The van der Waals surface area contributed by atoms with E-state index in [-0.39, 0.29) is 27.9 Å². The molecule has 0 aliphatic carbocycles. The van der Waals surface area contributed by atoms with E-state index < -0.39 is 17.1 Å².